The van der Waals surface area contributed by atoms with Crippen LogP contribution >= 0.6 is 7.82 Å². The molecule has 1 unspecified atom stereocenters. The normalized spacial score (nSPS) is 14.4. The summed E-state index contributed by atoms with van der Waals surface area (Å²) in [5, 5.41) is 13.8. The van der Waals surface area contributed by atoms with Gasteiger partial charge in [-0.15, -0.1) is 0 Å². The number of quaternary nitrogens is 1. The number of carbonyl (C=O) groups excluding carboxylic acids is 1. The van der Waals surface area contributed by atoms with Gasteiger partial charge in [-0.05, 0) is 38.5 Å². The van der Waals surface area contributed by atoms with Crippen molar-refractivity contribution in [1.82, 2.24) is 5.32 Å². The van der Waals surface area contributed by atoms with Crippen LogP contribution < -0.4 is 10.2 Å². The van der Waals surface area contributed by atoms with Crippen molar-refractivity contribution >= 4 is 13.7 Å². The molecule has 0 aliphatic rings. The Bertz CT molecular complexity index is 896. The van der Waals surface area contributed by atoms with Gasteiger partial charge >= 0.3 is 0 Å². The molecule has 8 nitrogen and oxygen atoms in total. The summed E-state index contributed by atoms with van der Waals surface area (Å²) in [4.78, 5) is 25.3. The predicted octanol–water partition coefficient (Wildman–Crippen LogP) is 12.1. The summed E-state index contributed by atoms with van der Waals surface area (Å²) in [6, 6.07) is -0.809. The summed E-state index contributed by atoms with van der Waals surface area (Å²) < 4.78 is 23.2. The molecule has 0 aromatic heterocycles. The number of carbonyl (C=O) groups is 1. The number of aliphatic hydroxyl groups is 1. The first-order valence-corrected chi connectivity index (χ1v) is 24.5. The van der Waals surface area contributed by atoms with Gasteiger partial charge in [-0.25, -0.2) is 0 Å². The van der Waals surface area contributed by atoms with Crippen molar-refractivity contribution in [2.75, 3.05) is 40.9 Å². The molecule has 0 saturated carbocycles. The Morgan fingerprint density at radius 1 is 0.630 bits per heavy atom. The van der Waals surface area contributed by atoms with Crippen molar-refractivity contribution in [2.45, 2.75) is 231 Å². The number of nitrogens with zero attached hydrogens (tertiary/aromatic N) is 1. The minimum Gasteiger partial charge on any atom is -0.756 e. The molecule has 0 heterocycles. The Balaban J connectivity index is 4.12. The minimum atomic E-state index is -4.56. The molecule has 322 valence electrons. The van der Waals surface area contributed by atoms with Crippen LogP contribution in [-0.4, -0.2) is 68.5 Å². The first-order valence-electron chi connectivity index (χ1n) is 23.0. The molecule has 0 spiro atoms. The summed E-state index contributed by atoms with van der Waals surface area (Å²) in [6.45, 7) is 4.67. The Kier molecular flexibility index (Phi) is 37.3. The second-order valence-corrected chi connectivity index (χ2v) is 18.5. The summed E-state index contributed by atoms with van der Waals surface area (Å²) in [5.41, 5.74) is 0. The second-order valence-electron chi connectivity index (χ2n) is 17.1. The van der Waals surface area contributed by atoms with E-state index in [0.717, 1.165) is 44.9 Å². The topological polar surface area (TPSA) is 108 Å². The molecule has 0 rings (SSSR count). The summed E-state index contributed by atoms with van der Waals surface area (Å²) in [6.07, 6.45) is 42.4. The van der Waals surface area contributed by atoms with E-state index < -0.39 is 20.0 Å². The van der Waals surface area contributed by atoms with Crippen LogP contribution in [0.5, 0.6) is 0 Å². The van der Waals surface area contributed by atoms with Gasteiger partial charge < -0.3 is 28.8 Å². The monoisotopic (exact) mass is 787 g/mol. The highest BCUT2D eigenvalue weighted by molar-refractivity contribution is 7.45. The van der Waals surface area contributed by atoms with Crippen molar-refractivity contribution in [3.8, 4) is 0 Å². The molecule has 0 aromatic carbocycles. The van der Waals surface area contributed by atoms with E-state index in [4.69, 9.17) is 9.05 Å². The third-order valence-electron chi connectivity index (χ3n) is 10.5. The van der Waals surface area contributed by atoms with Crippen LogP contribution in [0.2, 0.25) is 0 Å². The number of rotatable bonds is 42. The smallest absolute Gasteiger partial charge is 0.268 e. The molecule has 3 atom stereocenters. The Morgan fingerprint density at radius 3 is 1.44 bits per heavy atom. The minimum absolute atomic E-state index is 0.00928. The molecule has 0 bridgehead atoms. The quantitative estimate of drug-likeness (QED) is 0.0276. The summed E-state index contributed by atoms with van der Waals surface area (Å²) in [7, 11) is 1.29. The van der Waals surface area contributed by atoms with Gasteiger partial charge in [-0.2, -0.15) is 0 Å². The molecular formula is C45H91N2O6P. The molecular weight excluding hydrogens is 695 g/mol. The van der Waals surface area contributed by atoms with Gasteiger partial charge in [0.05, 0.1) is 39.9 Å². The maximum atomic E-state index is 12.8. The fourth-order valence-corrected chi connectivity index (χ4v) is 7.52. The number of hydrogen-bond donors (Lipinski definition) is 2. The fraction of sp³-hybridized carbons (Fsp3) is 0.933. The van der Waals surface area contributed by atoms with Crippen LogP contribution in [0.15, 0.2) is 12.2 Å². The third-order valence-corrected chi connectivity index (χ3v) is 11.5. The average Bonchev–Trinajstić information content (AvgIpc) is 3.12. The lowest BCUT2D eigenvalue weighted by Crippen LogP contribution is -2.46. The molecule has 0 aliphatic carbocycles. The molecule has 9 heteroatoms. The van der Waals surface area contributed by atoms with Crippen LogP contribution in [0.25, 0.3) is 0 Å². The van der Waals surface area contributed by atoms with E-state index in [9.17, 15) is 19.4 Å². The van der Waals surface area contributed by atoms with Gasteiger partial charge in [-0.3, -0.25) is 9.36 Å². The standard InChI is InChI=1S/C45H91N2O6P/c1-6-8-10-12-14-16-17-18-19-20-21-22-23-24-25-26-27-28-29-31-33-35-37-39-45(49)46-43(42-53-54(50,51)52-41-40-47(3,4)5)44(48)38-36-34-32-30-15-13-11-9-7-2/h15,30,43-44,48H,6-14,16-29,31-42H2,1-5H3,(H-,46,49,50,51)/b30-15+/t43-,44+/m0/s1. The fourth-order valence-electron chi connectivity index (χ4n) is 6.80. The second kappa shape index (κ2) is 37.8. The number of likely N-dealkylation sites (N-methyl/N-ethyl adjacent to an activating group) is 1. The highest BCUT2D eigenvalue weighted by atomic mass is 31.2. The Labute approximate surface area is 335 Å². The number of phosphoric ester groups is 1. The van der Waals surface area contributed by atoms with Crippen molar-refractivity contribution in [3.05, 3.63) is 12.2 Å². The van der Waals surface area contributed by atoms with Gasteiger partial charge in [0.25, 0.3) is 7.82 Å². The van der Waals surface area contributed by atoms with Crippen LogP contribution in [0.3, 0.4) is 0 Å². The largest absolute Gasteiger partial charge is 0.756 e. The zero-order valence-electron chi connectivity index (χ0n) is 36.4. The van der Waals surface area contributed by atoms with E-state index in [1.807, 2.05) is 21.1 Å². The predicted molar refractivity (Wildman–Crippen MR) is 229 cm³/mol. The van der Waals surface area contributed by atoms with E-state index in [1.54, 1.807) is 0 Å². The summed E-state index contributed by atoms with van der Waals surface area (Å²) >= 11 is 0. The molecule has 2 N–H and O–H groups in total. The molecule has 0 fully saturated rings. The number of aliphatic hydroxyl groups excluding tert-OH is 1. The van der Waals surface area contributed by atoms with Crippen LogP contribution in [-0.2, 0) is 18.4 Å². The van der Waals surface area contributed by atoms with Gasteiger partial charge in [0, 0.05) is 6.42 Å². The first kappa shape index (κ1) is 53.2. The van der Waals surface area contributed by atoms with Crippen molar-refractivity contribution in [1.29, 1.82) is 0 Å². The lowest BCUT2D eigenvalue weighted by Gasteiger charge is -2.30. The van der Waals surface area contributed by atoms with E-state index in [2.05, 4.69) is 31.3 Å². The molecule has 0 aliphatic heterocycles. The van der Waals surface area contributed by atoms with Crippen LogP contribution in [0.1, 0.15) is 219 Å². The number of nitrogens with one attached hydrogen (secondary N) is 1. The molecule has 0 saturated heterocycles. The lowest BCUT2D eigenvalue weighted by molar-refractivity contribution is -0.870. The van der Waals surface area contributed by atoms with E-state index in [-0.39, 0.29) is 19.1 Å². The van der Waals surface area contributed by atoms with Crippen molar-refractivity contribution in [3.63, 3.8) is 0 Å². The zero-order valence-corrected chi connectivity index (χ0v) is 37.3. The summed E-state index contributed by atoms with van der Waals surface area (Å²) in [5.74, 6) is -0.173. The number of hydrogen-bond acceptors (Lipinski definition) is 6. The SMILES string of the molecule is CCCCC/C=C/CCCC[C@@H](O)[C@H](COP(=O)([O-])OCC[N+](C)(C)C)NC(=O)CCCCCCCCCCCCCCCCCCCCCCCCC. The highest BCUT2D eigenvalue weighted by Crippen LogP contribution is 2.38. The first-order chi connectivity index (χ1) is 26.0. The van der Waals surface area contributed by atoms with E-state index >= 15 is 0 Å². The Hall–Kier alpha value is -0.760. The van der Waals surface area contributed by atoms with Crippen molar-refractivity contribution < 1.29 is 32.9 Å². The number of amides is 1. The maximum absolute atomic E-state index is 12.8. The van der Waals surface area contributed by atoms with Crippen molar-refractivity contribution in [2.24, 2.45) is 0 Å². The number of unbranched alkanes of at least 4 members (excludes halogenated alkanes) is 27. The van der Waals surface area contributed by atoms with Crippen LogP contribution in [0.4, 0.5) is 0 Å². The van der Waals surface area contributed by atoms with Gasteiger partial charge in [-0.1, -0.05) is 187 Å². The molecule has 0 aromatic rings. The average molecular weight is 787 g/mol. The molecule has 0 radical (unpaired) electrons. The highest BCUT2D eigenvalue weighted by Gasteiger charge is 2.24. The Morgan fingerprint density at radius 2 is 1.02 bits per heavy atom. The number of allylic oxidation sites excluding steroid dienone is 2. The molecule has 1 amide bonds. The van der Waals surface area contributed by atoms with Gasteiger partial charge in [0.1, 0.15) is 13.2 Å². The van der Waals surface area contributed by atoms with Gasteiger partial charge in [0.15, 0.2) is 0 Å². The van der Waals surface area contributed by atoms with E-state index in [1.165, 1.54) is 148 Å². The lowest BCUT2D eigenvalue weighted by atomic mass is 10.0. The molecule has 54 heavy (non-hydrogen) atoms. The van der Waals surface area contributed by atoms with Crippen LogP contribution in [0, 0.1) is 0 Å². The number of phosphoric acid groups is 1. The van der Waals surface area contributed by atoms with Gasteiger partial charge in [0.2, 0.25) is 5.91 Å². The maximum Gasteiger partial charge on any atom is 0.268 e. The third kappa shape index (κ3) is 39.5. The van der Waals surface area contributed by atoms with E-state index in [0.29, 0.717) is 23.9 Å². The zero-order chi connectivity index (χ0) is 40.0.